The SMILES string of the molecule is C[Si](C)(C)CCO/C=C/C(=O)c1ccccc1. The smallest absolute Gasteiger partial charge is 0.188 e. The Morgan fingerprint density at radius 1 is 1.24 bits per heavy atom. The van der Waals surface area contributed by atoms with E-state index in [9.17, 15) is 4.79 Å². The normalized spacial score (nSPS) is 11.7. The molecule has 92 valence electrons. The van der Waals surface area contributed by atoms with E-state index in [-0.39, 0.29) is 5.78 Å². The molecule has 0 aliphatic carbocycles. The maximum absolute atomic E-state index is 11.6. The van der Waals surface area contributed by atoms with Gasteiger partial charge in [0.15, 0.2) is 5.78 Å². The van der Waals surface area contributed by atoms with Crippen LogP contribution in [-0.2, 0) is 4.74 Å². The van der Waals surface area contributed by atoms with E-state index in [2.05, 4.69) is 19.6 Å². The number of benzene rings is 1. The minimum absolute atomic E-state index is 0.0152. The zero-order valence-corrected chi connectivity index (χ0v) is 11.8. The summed E-state index contributed by atoms with van der Waals surface area (Å²) in [6.45, 7) is 7.61. The third-order valence-electron chi connectivity index (χ3n) is 2.34. The average Bonchev–Trinajstić information content (AvgIpc) is 2.28. The van der Waals surface area contributed by atoms with Gasteiger partial charge in [-0.3, -0.25) is 4.79 Å². The Hall–Kier alpha value is -1.35. The molecule has 0 unspecified atom stereocenters. The van der Waals surface area contributed by atoms with E-state index in [4.69, 9.17) is 4.74 Å². The number of allylic oxidation sites excluding steroid dienone is 1. The van der Waals surface area contributed by atoms with Crippen molar-refractivity contribution in [2.45, 2.75) is 25.7 Å². The van der Waals surface area contributed by atoms with Crippen molar-refractivity contribution in [2.75, 3.05) is 6.61 Å². The number of rotatable bonds is 6. The van der Waals surface area contributed by atoms with Gasteiger partial charge in [0.25, 0.3) is 0 Å². The lowest BCUT2D eigenvalue weighted by Crippen LogP contribution is -2.21. The average molecular weight is 248 g/mol. The molecule has 0 N–H and O–H groups in total. The quantitative estimate of drug-likeness (QED) is 0.252. The van der Waals surface area contributed by atoms with Crippen molar-refractivity contribution in [2.24, 2.45) is 0 Å². The predicted molar refractivity (Wildman–Crippen MR) is 74.0 cm³/mol. The Bertz CT molecular complexity index is 377. The van der Waals surface area contributed by atoms with Gasteiger partial charge in [0.2, 0.25) is 0 Å². The standard InChI is InChI=1S/C14H20O2Si/c1-17(2,3)12-11-16-10-9-14(15)13-7-5-4-6-8-13/h4-10H,11-12H2,1-3H3/b10-9+. The van der Waals surface area contributed by atoms with E-state index in [1.807, 2.05) is 18.2 Å². The number of carbonyl (C=O) groups is 1. The summed E-state index contributed by atoms with van der Waals surface area (Å²) >= 11 is 0. The van der Waals surface area contributed by atoms with Crippen LogP contribution in [-0.4, -0.2) is 20.5 Å². The molecule has 0 aromatic heterocycles. The molecule has 0 aliphatic rings. The summed E-state index contributed by atoms with van der Waals surface area (Å²) in [4.78, 5) is 11.6. The van der Waals surface area contributed by atoms with Gasteiger partial charge in [-0.05, 0) is 6.04 Å². The molecule has 0 fully saturated rings. The molecule has 0 bridgehead atoms. The van der Waals surface area contributed by atoms with Gasteiger partial charge in [-0.15, -0.1) is 0 Å². The summed E-state index contributed by atoms with van der Waals surface area (Å²) in [7, 11) is -1.04. The van der Waals surface area contributed by atoms with Crippen LogP contribution in [0.4, 0.5) is 0 Å². The molecule has 2 nitrogen and oxygen atoms in total. The van der Waals surface area contributed by atoms with Crippen molar-refractivity contribution in [3.8, 4) is 0 Å². The molecule has 0 spiro atoms. The van der Waals surface area contributed by atoms with Crippen molar-refractivity contribution in [1.29, 1.82) is 0 Å². The number of hydrogen-bond acceptors (Lipinski definition) is 2. The minimum atomic E-state index is -1.04. The maximum atomic E-state index is 11.6. The summed E-state index contributed by atoms with van der Waals surface area (Å²) in [6, 6.07) is 10.3. The molecule has 0 amide bonds. The van der Waals surface area contributed by atoms with Crippen molar-refractivity contribution in [3.05, 3.63) is 48.2 Å². The highest BCUT2D eigenvalue weighted by atomic mass is 28.3. The lowest BCUT2D eigenvalue weighted by molar-refractivity contribution is 0.104. The predicted octanol–water partition coefficient (Wildman–Crippen LogP) is 3.74. The Morgan fingerprint density at radius 3 is 2.47 bits per heavy atom. The van der Waals surface area contributed by atoms with Crippen molar-refractivity contribution in [3.63, 3.8) is 0 Å². The highest BCUT2D eigenvalue weighted by Gasteiger charge is 2.11. The van der Waals surface area contributed by atoms with Crippen LogP contribution in [0, 0.1) is 0 Å². The summed E-state index contributed by atoms with van der Waals surface area (Å²) in [5.74, 6) is -0.0152. The van der Waals surface area contributed by atoms with E-state index < -0.39 is 8.07 Å². The second-order valence-electron chi connectivity index (χ2n) is 5.21. The first-order chi connectivity index (χ1) is 7.99. The summed E-state index contributed by atoms with van der Waals surface area (Å²) in [5, 5.41) is 0. The molecule has 0 radical (unpaired) electrons. The molecular formula is C14H20O2Si. The van der Waals surface area contributed by atoms with Crippen LogP contribution in [0.5, 0.6) is 0 Å². The van der Waals surface area contributed by atoms with Gasteiger partial charge in [0, 0.05) is 19.7 Å². The largest absolute Gasteiger partial charge is 0.501 e. The van der Waals surface area contributed by atoms with Crippen LogP contribution in [0.25, 0.3) is 0 Å². The van der Waals surface area contributed by atoms with Gasteiger partial charge >= 0.3 is 0 Å². The van der Waals surface area contributed by atoms with Gasteiger partial charge < -0.3 is 4.74 Å². The fourth-order valence-electron chi connectivity index (χ4n) is 1.24. The van der Waals surface area contributed by atoms with Gasteiger partial charge in [0.1, 0.15) is 0 Å². The molecule has 1 rings (SSSR count). The van der Waals surface area contributed by atoms with Crippen LogP contribution in [0.3, 0.4) is 0 Å². The number of carbonyl (C=O) groups excluding carboxylic acids is 1. The zero-order valence-electron chi connectivity index (χ0n) is 10.8. The van der Waals surface area contributed by atoms with Crippen molar-refractivity contribution in [1.82, 2.24) is 0 Å². The highest BCUT2D eigenvalue weighted by Crippen LogP contribution is 2.07. The monoisotopic (exact) mass is 248 g/mol. The molecule has 0 heterocycles. The van der Waals surface area contributed by atoms with E-state index in [1.165, 1.54) is 12.3 Å². The summed E-state index contributed by atoms with van der Waals surface area (Å²) in [6.07, 6.45) is 3.00. The first kappa shape index (κ1) is 13.7. The first-order valence-electron chi connectivity index (χ1n) is 5.86. The van der Waals surface area contributed by atoms with Gasteiger partial charge in [-0.2, -0.15) is 0 Å². The van der Waals surface area contributed by atoms with Gasteiger partial charge in [0.05, 0.1) is 12.9 Å². The molecule has 0 saturated heterocycles. The third-order valence-corrected chi connectivity index (χ3v) is 4.05. The fraction of sp³-hybridized carbons (Fsp3) is 0.357. The molecular weight excluding hydrogens is 228 g/mol. The van der Waals surface area contributed by atoms with Crippen molar-refractivity contribution < 1.29 is 9.53 Å². The first-order valence-corrected chi connectivity index (χ1v) is 9.57. The molecule has 1 aromatic rings. The molecule has 17 heavy (non-hydrogen) atoms. The minimum Gasteiger partial charge on any atom is -0.501 e. The maximum Gasteiger partial charge on any atom is 0.188 e. The van der Waals surface area contributed by atoms with E-state index in [1.54, 1.807) is 12.1 Å². The molecule has 3 heteroatoms. The van der Waals surface area contributed by atoms with Gasteiger partial charge in [-0.1, -0.05) is 50.0 Å². The third kappa shape index (κ3) is 6.07. The molecule has 1 aromatic carbocycles. The van der Waals surface area contributed by atoms with E-state index in [0.717, 1.165) is 6.04 Å². The van der Waals surface area contributed by atoms with Crippen LogP contribution in [0.2, 0.25) is 25.7 Å². The van der Waals surface area contributed by atoms with Crippen LogP contribution >= 0.6 is 0 Å². The zero-order chi connectivity index (χ0) is 12.7. The highest BCUT2D eigenvalue weighted by molar-refractivity contribution is 6.76. The van der Waals surface area contributed by atoms with Gasteiger partial charge in [-0.25, -0.2) is 0 Å². The lowest BCUT2D eigenvalue weighted by atomic mass is 10.1. The van der Waals surface area contributed by atoms with E-state index in [0.29, 0.717) is 12.2 Å². The number of ether oxygens (including phenoxy) is 1. The van der Waals surface area contributed by atoms with Crippen LogP contribution < -0.4 is 0 Å². The fourth-order valence-corrected chi connectivity index (χ4v) is 1.97. The molecule has 0 saturated carbocycles. The number of hydrogen-bond donors (Lipinski definition) is 0. The van der Waals surface area contributed by atoms with Crippen molar-refractivity contribution >= 4 is 13.9 Å². The Kier molecular flexibility index (Phi) is 5.16. The molecule has 0 aliphatic heterocycles. The molecule has 0 atom stereocenters. The second-order valence-corrected chi connectivity index (χ2v) is 10.8. The Morgan fingerprint density at radius 2 is 1.88 bits per heavy atom. The Balaban J connectivity index is 2.33. The lowest BCUT2D eigenvalue weighted by Gasteiger charge is -2.14. The van der Waals surface area contributed by atoms with Crippen LogP contribution in [0.1, 0.15) is 10.4 Å². The Labute approximate surface area is 104 Å². The van der Waals surface area contributed by atoms with E-state index >= 15 is 0 Å². The topological polar surface area (TPSA) is 26.3 Å². The van der Waals surface area contributed by atoms with Crippen LogP contribution in [0.15, 0.2) is 42.7 Å². The number of ketones is 1. The summed E-state index contributed by atoms with van der Waals surface area (Å²) in [5.41, 5.74) is 0.692. The second kappa shape index (κ2) is 6.40. The summed E-state index contributed by atoms with van der Waals surface area (Å²) < 4.78 is 5.34.